The van der Waals surface area contributed by atoms with Gasteiger partial charge in [0, 0.05) is 34.6 Å². The lowest BCUT2D eigenvalue weighted by molar-refractivity contribution is -0.121. The molecule has 1 unspecified atom stereocenters. The van der Waals surface area contributed by atoms with E-state index in [1.165, 1.54) is 10.5 Å². The molecule has 160 valence electrons. The summed E-state index contributed by atoms with van der Waals surface area (Å²) in [5.74, 6) is 2.36. The molecule has 0 saturated heterocycles. The average Bonchev–Trinajstić information content (AvgIpc) is 3.29. The van der Waals surface area contributed by atoms with Crippen molar-refractivity contribution in [3.8, 4) is 22.6 Å². The highest BCUT2D eigenvalue weighted by atomic mass is 32.2. The number of aromatic nitrogens is 1. The Labute approximate surface area is 192 Å². The highest BCUT2D eigenvalue weighted by Crippen LogP contribution is 2.36. The van der Waals surface area contributed by atoms with Crippen molar-refractivity contribution in [2.24, 2.45) is 0 Å². The van der Waals surface area contributed by atoms with Gasteiger partial charge >= 0.3 is 0 Å². The van der Waals surface area contributed by atoms with Gasteiger partial charge in [0.25, 0.3) is 0 Å². The maximum Gasteiger partial charge on any atom is 0.220 e. The number of fused-ring (bicyclic) bond motifs is 1. The topological polar surface area (TPSA) is 55.1 Å². The van der Waals surface area contributed by atoms with Crippen LogP contribution in [0.4, 0.5) is 0 Å². The molecule has 5 heteroatoms. The van der Waals surface area contributed by atoms with Crippen molar-refractivity contribution in [3.05, 3.63) is 96.4 Å². The molecule has 0 saturated carbocycles. The third-order valence-electron chi connectivity index (χ3n) is 5.61. The molecule has 1 aromatic heterocycles. The molecule has 5 rings (SSSR count). The minimum Gasteiger partial charge on any atom is -0.440 e. The molecule has 32 heavy (non-hydrogen) atoms. The van der Waals surface area contributed by atoms with Crippen LogP contribution in [0.2, 0.25) is 0 Å². The van der Waals surface area contributed by atoms with E-state index in [-0.39, 0.29) is 11.9 Å². The number of benzene rings is 3. The van der Waals surface area contributed by atoms with Crippen LogP contribution in [-0.2, 0) is 11.2 Å². The van der Waals surface area contributed by atoms with E-state index in [4.69, 9.17) is 9.40 Å². The number of thioether (sulfide) groups is 1. The van der Waals surface area contributed by atoms with Crippen LogP contribution in [0.1, 0.15) is 30.3 Å². The van der Waals surface area contributed by atoms with Gasteiger partial charge in [-0.1, -0.05) is 78.9 Å². The van der Waals surface area contributed by atoms with Gasteiger partial charge in [-0.05, 0) is 18.1 Å². The number of rotatable bonds is 6. The third-order valence-corrected chi connectivity index (χ3v) is 6.74. The minimum absolute atomic E-state index is 0.0254. The van der Waals surface area contributed by atoms with Gasteiger partial charge in [0.1, 0.15) is 5.69 Å². The number of carbonyl (C=O) groups excluding carboxylic acids is 1. The molecule has 0 aliphatic carbocycles. The summed E-state index contributed by atoms with van der Waals surface area (Å²) < 4.78 is 6.16. The van der Waals surface area contributed by atoms with E-state index in [2.05, 4.69) is 17.4 Å². The third kappa shape index (κ3) is 4.48. The fourth-order valence-electron chi connectivity index (χ4n) is 4.03. The van der Waals surface area contributed by atoms with Crippen LogP contribution in [0.5, 0.6) is 0 Å². The van der Waals surface area contributed by atoms with E-state index < -0.39 is 0 Å². The lowest BCUT2D eigenvalue weighted by atomic mass is 10.0. The van der Waals surface area contributed by atoms with Crippen LogP contribution in [0.15, 0.2) is 94.2 Å². The van der Waals surface area contributed by atoms with E-state index in [1.807, 2.05) is 84.6 Å². The first kappa shape index (κ1) is 20.6. The van der Waals surface area contributed by atoms with Gasteiger partial charge in [-0.2, -0.15) is 0 Å². The Morgan fingerprint density at radius 2 is 1.62 bits per heavy atom. The molecule has 3 aromatic carbocycles. The summed E-state index contributed by atoms with van der Waals surface area (Å²) in [6, 6.07) is 28.4. The predicted octanol–water partition coefficient (Wildman–Crippen LogP) is 6.29. The number of aryl methyl sites for hydroxylation is 1. The van der Waals surface area contributed by atoms with Crippen molar-refractivity contribution in [2.45, 2.75) is 30.2 Å². The van der Waals surface area contributed by atoms with Gasteiger partial charge in [-0.15, -0.1) is 11.8 Å². The van der Waals surface area contributed by atoms with Crippen LogP contribution in [0, 0.1) is 0 Å². The highest BCUT2D eigenvalue weighted by molar-refractivity contribution is 7.99. The van der Waals surface area contributed by atoms with Crippen LogP contribution in [-0.4, -0.2) is 16.6 Å². The van der Waals surface area contributed by atoms with Crippen LogP contribution >= 0.6 is 11.8 Å². The second kappa shape index (κ2) is 9.45. The first-order chi connectivity index (χ1) is 15.8. The van der Waals surface area contributed by atoms with Crippen molar-refractivity contribution >= 4 is 17.7 Å². The van der Waals surface area contributed by atoms with Gasteiger partial charge in [0.15, 0.2) is 11.7 Å². The molecule has 1 N–H and O–H groups in total. The van der Waals surface area contributed by atoms with Gasteiger partial charge < -0.3 is 9.73 Å². The van der Waals surface area contributed by atoms with Crippen LogP contribution in [0.25, 0.3) is 22.6 Å². The van der Waals surface area contributed by atoms with Crippen molar-refractivity contribution in [3.63, 3.8) is 0 Å². The minimum atomic E-state index is 0.0254. The standard InChI is InChI=1S/C27H24N2O2S/c30-24(28-22-17-18-32-23-14-8-7-13-21(22)23)15-16-25-29-26(19-9-3-1-4-10-19)27(31-25)20-11-5-2-6-12-20/h1-14,22H,15-18H2,(H,28,30). The normalized spacial score (nSPS) is 15.2. The van der Waals surface area contributed by atoms with Gasteiger partial charge in [0.05, 0.1) is 6.04 Å². The first-order valence-corrected chi connectivity index (χ1v) is 11.9. The number of carbonyl (C=O) groups is 1. The lowest BCUT2D eigenvalue weighted by Gasteiger charge is -2.25. The fourth-order valence-corrected chi connectivity index (χ4v) is 5.15. The molecule has 1 aliphatic heterocycles. The van der Waals surface area contributed by atoms with E-state index in [0.717, 1.165) is 34.8 Å². The SMILES string of the molecule is O=C(CCc1nc(-c2ccccc2)c(-c2ccccc2)o1)NC1CCSc2ccccc21. The predicted molar refractivity (Wildman–Crippen MR) is 128 cm³/mol. The van der Waals surface area contributed by atoms with E-state index in [1.54, 1.807) is 0 Å². The molecule has 0 spiro atoms. The largest absolute Gasteiger partial charge is 0.440 e. The quantitative estimate of drug-likeness (QED) is 0.383. The van der Waals surface area contributed by atoms with Crippen molar-refractivity contribution in [2.75, 3.05) is 5.75 Å². The van der Waals surface area contributed by atoms with Crippen molar-refractivity contribution in [1.82, 2.24) is 10.3 Å². The molecule has 1 atom stereocenters. The number of nitrogens with zero attached hydrogens (tertiary/aromatic N) is 1. The zero-order chi connectivity index (χ0) is 21.8. The monoisotopic (exact) mass is 440 g/mol. The van der Waals surface area contributed by atoms with Crippen molar-refractivity contribution < 1.29 is 9.21 Å². The maximum atomic E-state index is 12.7. The second-order valence-electron chi connectivity index (χ2n) is 7.81. The number of nitrogens with one attached hydrogen (secondary N) is 1. The Kier molecular flexibility index (Phi) is 6.08. The molecular formula is C27H24N2O2S. The molecule has 4 nitrogen and oxygen atoms in total. The molecule has 0 radical (unpaired) electrons. The van der Waals surface area contributed by atoms with Gasteiger partial charge in [-0.3, -0.25) is 4.79 Å². The zero-order valence-corrected chi connectivity index (χ0v) is 18.5. The maximum absolute atomic E-state index is 12.7. The van der Waals surface area contributed by atoms with E-state index in [0.29, 0.717) is 18.7 Å². The van der Waals surface area contributed by atoms with Gasteiger partial charge in [0.2, 0.25) is 5.91 Å². The molecule has 1 amide bonds. The number of hydrogen-bond acceptors (Lipinski definition) is 4. The summed E-state index contributed by atoms with van der Waals surface area (Å²) in [5.41, 5.74) is 4.00. The van der Waals surface area contributed by atoms with Crippen LogP contribution in [0.3, 0.4) is 0 Å². The Morgan fingerprint density at radius 3 is 2.41 bits per heavy atom. The molecule has 1 aliphatic rings. The van der Waals surface area contributed by atoms with Crippen LogP contribution < -0.4 is 5.32 Å². The summed E-state index contributed by atoms with van der Waals surface area (Å²) >= 11 is 1.85. The summed E-state index contributed by atoms with van der Waals surface area (Å²) in [6.07, 6.45) is 1.75. The molecule has 2 heterocycles. The molecule has 4 aromatic rings. The molecule has 0 bridgehead atoms. The zero-order valence-electron chi connectivity index (χ0n) is 17.7. The highest BCUT2D eigenvalue weighted by Gasteiger charge is 2.22. The number of amides is 1. The smallest absolute Gasteiger partial charge is 0.220 e. The number of oxazole rings is 1. The second-order valence-corrected chi connectivity index (χ2v) is 8.95. The Hall–Kier alpha value is -3.31. The Morgan fingerprint density at radius 1 is 0.938 bits per heavy atom. The first-order valence-electron chi connectivity index (χ1n) is 10.9. The molecular weight excluding hydrogens is 416 g/mol. The summed E-state index contributed by atoms with van der Waals surface area (Å²) in [6.45, 7) is 0. The molecule has 0 fully saturated rings. The summed E-state index contributed by atoms with van der Waals surface area (Å²) in [5, 5.41) is 3.21. The number of hydrogen-bond donors (Lipinski definition) is 1. The van der Waals surface area contributed by atoms with Crippen molar-refractivity contribution in [1.29, 1.82) is 0 Å². The summed E-state index contributed by atoms with van der Waals surface area (Å²) in [7, 11) is 0. The average molecular weight is 441 g/mol. The van der Waals surface area contributed by atoms with Gasteiger partial charge in [-0.25, -0.2) is 4.98 Å². The van der Waals surface area contributed by atoms with E-state index in [9.17, 15) is 4.79 Å². The van der Waals surface area contributed by atoms with E-state index >= 15 is 0 Å². The Balaban J connectivity index is 1.32. The fraction of sp³-hybridized carbons (Fsp3) is 0.185. The summed E-state index contributed by atoms with van der Waals surface area (Å²) in [4.78, 5) is 18.8. The lowest BCUT2D eigenvalue weighted by Crippen LogP contribution is -2.30. The Bertz CT molecular complexity index is 1150.